The zero-order valence-corrected chi connectivity index (χ0v) is 13.4. The van der Waals surface area contributed by atoms with Gasteiger partial charge in [-0.15, -0.1) is 6.58 Å². The number of anilines is 1. The van der Waals surface area contributed by atoms with E-state index in [0.29, 0.717) is 24.9 Å². The van der Waals surface area contributed by atoms with Gasteiger partial charge in [0.05, 0.1) is 12.6 Å². The predicted molar refractivity (Wildman–Crippen MR) is 89.0 cm³/mol. The van der Waals surface area contributed by atoms with Crippen molar-refractivity contribution < 1.29 is 9.84 Å². The molecule has 4 nitrogen and oxygen atoms in total. The molecular weight excluding hydrogens is 288 g/mol. The van der Waals surface area contributed by atoms with E-state index in [2.05, 4.69) is 28.9 Å². The maximum Gasteiger partial charge on any atom is 0.187 e. The molecule has 1 aromatic carbocycles. The molecule has 6 atom stereocenters. The molecular formula is C19H24N2O2. The van der Waals surface area contributed by atoms with Gasteiger partial charge in [-0.05, 0) is 37.3 Å². The van der Waals surface area contributed by atoms with Crippen molar-refractivity contribution in [3.05, 3.63) is 42.5 Å². The summed E-state index contributed by atoms with van der Waals surface area (Å²) in [5.74, 6) is 1.24. The molecule has 4 fully saturated rings. The number of benzene rings is 1. The number of ether oxygens (including phenoxy) is 1. The molecule has 0 spiro atoms. The molecule has 2 bridgehead atoms. The maximum atomic E-state index is 11.6. The fourth-order valence-electron chi connectivity index (χ4n) is 5.51. The van der Waals surface area contributed by atoms with Gasteiger partial charge < -0.3 is 15.2 Å². The minimum atomic E-state index is -0.921. The number of hydrogen-bond acceptors (Lipinski definition) is 4. The van der Waals surface area contributed by atoms with Crippen molar-refractivity contribution in [1.82, 2.24) is 4.90 Å². The highest BCUT2D eigenvalue weighted by Gasteiger charge is 2.67. The van der Waals surface area contributed by atoms with Gasteiger partial charge in [0.25, 0.3) is 0 Å². The van der Waals surface area contributed by atoms with Crippen LogP contribution in [-0.2, 0) is 10.3 Å². The topological polar surface area (TPSA) is 44.7 Å². The van der Waals surface area contributed by atoms with E-state index in [-0.39, 0.29) is 6.04 Å². The number of hydrogen-bond donors (Lipinski definition) is 2. The van der Waals surface area contributed by atoms with Gasteiger partial charge in [0, 0.05) is 24.2 Å². The number of nitrogens with one attached hydrogen (secondary N) is 1. The van der Waals surface area contributed by atoms with Gasteiger partial charge in [-0.3, -0.25) is 4.90 Å². The van der Waals surface area contributed by atoms with Crippen molar-refractivity contribution in [2.45, 2.75) is 36.6 Å². The standard InChI is InChI=1S/C19H24N2O2/c1-2-13-12-21-9-7-14(13)11-17(21)19-18(22,8-10-23-19)15-5-3-4-6-16(15)20-19/h2-6,13-14,17,20,22H,1,7-12H2/t13-,14-,17+,18+,19-/m1/s1. The van der Waals surface area contributed by atoms with Crippen LogP contribution in [0.3, 0.4) is 0 Å². The first-order chi connectivity index (χ1) is 11.2. The molecule has 122 valence electrons. The van der Waals surface area contributed by atoms with E-state index >= 15 is 0 Å². The van der Waals surface area contributed by atoms with Gasteiger partial charge in [-0.25, -0.2) is 0 Å². The number of para-hydroxylation sites is 1. The lowest BCUT2D eigenvalue weighted by Gasteiger charge is -2.55. The lowest BCUT2D eigenvalue weighted by Crippen LogP contribution is -2.68. The third-order valence-corrected chi connectivity index (χ3v) is 6.68. The SMILES string of the molecule is C=C[C@@H]1CN2CC[C@@H]1C[C@H]2[C@]12Nc3ccccc3[C@@]1(O)CCO2. The Bertz CT molecular complexity index is 663. The molecule has 5 aliphatic rings. The molecule has 1 aromatic rings. The minimum Gasteiger partial charge on any atom is -0.380 e. The van der Waals surface area contributed by atoms with Crippen LogP contribution in [0.1, 0.15) is 24.8 Å². The van der Waals surface area contributed by atoms with E-state index in [4.69, 9.17) is 4.74 Å². The summed E-state index contributed by atoms with van der Waals surface area (Å²) in [6.07, 6.45) is 5.08. The Hall–Kier alpha value is -1.36. The zero-order valence-electron chi connectivity index (χ0n) is 13.4. The van der Waals surface area contributed by atoms with Crippen molar-refractivity contribution in [3.63, 3.8) is 0 Å². The molecule has 1 unspecified atom stereocenters. The summed E-state index contributed by atoms with van der Waals surface area (Å²) in [4.78, 5) is 2.52. The van der Waals surface area contributed by atoms with Gasteiger partial charge in [-0.2, -0.15) is 0 Å². The molecule has 0 aromatic heterocycles. The highest BCUT2D eigenvalue weighted by Crippen LogP contribution is 2.57. The van der Waals surface area contributed by atoms with Gasteiger partial charge in [-0.1, -0.05) is 24.3 Å². The average molecular weight is 312 g/mol. The number of nitrogens with zero attached hydrogens (tertiary/aromatic N) is 1. The Morgan fingerprint density at radius 1 is 1.39 bits per heavy atom. The van der Waals surface area contributed by atoms with Crippen LogP contribution in [0.15, 0.2) is 36.9 Å². The summed E-state index contributed by atoms with van der Waals surface area (Å²) < 4.78 is 6.28. The third-order valence-electron chi connectivity index (χ3n) is 6.68. The first kappa shape index (κ1) is 14.0. The Balaban J connectivity index is 1.57. The fourth-order valence-corrected chi connectivity index (χ4v) is 5.51. The van der Waals surface area contributed by atoms with E-state index in [0.717, 1.165) is 30.8 Å². The molecule has 6 rings (SSSR count). The normalized spacial score (nSPS) is 47.0. The molecule has 0 aliphatic carbocycles. The van der Waals surface area contributed by atoms with E-state index in [1.165, 1.54) is 6.42 Å². The molecule has 2 N–H and O–H groups in total. The Morgan fingerprint density at radius 2 is 2.26 bits per heavy atom. The van der Waals surface area contributed by atoms with E-state index in [1.807, 2.05) is 18.2 Å². The summed E-state index contributed by atoms with van der Waals surface area (Å²) in [5.41, 5.74) is 0.412. The average Bonchev–Trinajstić information content (AvgIpc) is 3.05. The number of aliphatic hydroxyl groups is 1. The molecule has 5 heterocycles. The summed E-state index contributed by atoms with van der Waals surface area (Å²) in [7, 11) is 0. The summed E-state index contributed by atoms with van der Waals surface area (Å²) >= 11 is 0. The Morgan fingerprint density at radius 3 is 3.04 bits per heavy atom. The Labute approximate surface area is 137 Å². The lowest BCUT2D eigenvalue weighted by molar-refractivity contribution is -0.168. The van der Waals surface area contributed by atoms with Crippen LogP contribution in [0.2, 0.25) is 0 Å². The fraction of sp³-hybridized carbons (Fsp3) is 0.579. The van der Waals surface area contributed by atoms with Crippen LogP contribution in [-0.4, -0.2) is 41.5 Å². The van der Waals surface area contributed by atoms with Crippen molar-refractivity contribution in [1.29, 1.82) is 0 Å². The minimum absolute atomic E-state index is 0.220. The number of fused-ring (bicyclic) bond motifs is 7. The summed E-state index contributed by atoms with van der Waals surface area (Å²) in [6, 6.07) is 8.35. The van der Waals surface area contributed by atoms with Crippen molar-refractivity contribution in [2.75, 3.05) is 25.0 Å². The van der Waals surface area contributed by atoms with E-state index < -0.39 is 11.3 Å². The van der Waals surface area contributed by atoms with Crippen LogP contribution in [0.25, 0.3) is 0 Å². The molecule has 4 saturated heterocycles. The van der Waals surface area contributed by atoms with Gasteiger partial charge >= 0.3 is 0 Å². The summed E-state index contributed by atoms with van der Waals surface area (Å²) in [6.45, 7) is 6.76. The monoisotopic (exact) mass is 312 g/mol. The molecule has 0 radical (unpaired) electrons. The van der Waals surface area contributed by atoms with Crippen molar-refractivity contribution in [2.24, 2.45) is 11.8 Å². The zero-order chi connectivity index (χ0) is 15.7. The van der Waals surface area contributed by atoms with Crippen LogP contribution in [0.5, 0.6) is 0 Å². The number of rotatable bonds is 2. The van der Waals surface area contributed by atoms with Gasteiger partial charge in [0.15, 0.2) is 5.72 Å². The second-order valence-electron chi connectivity index (χ2n) is 7.56. The smallest absolute Gasteiger partial charge is 0.187 e. The molecule has 0 saturated carbocycles. The molecule has 5 aliphatic heterocycles. The first-order valence-electron chi connectivity index (χ1n) is 8.78. The highest BCUT2D eigenvalue weighted by atomic mass is 16.5. The Kier molecular flexibility index (Phi) is 2.80. The first-order valence-corrected chi connectivity index (χ1v) is 8.78. The number of piperidine rings is 3. The second-order valence-corrected chi connectivity index (χ2v) is 7.56. The third kappa shape index (κ3) is 1.61. The molecule has 23 heavy (non-hydrogen) atoms. The van der Waals surface area contributed by atoms with Gasteiger partial charge in [0.1, 0.15) is 5.60 Å². The van der Waals surface area contributed by atoms with Crippen LogP contribution in [0.4, 0.5) is 5.69 Å². The van der Waals surface area contributed by atoms with Gasteiger partial charge in [0.2, 0.25) is 0 Å². The van der Waals surface area contributed by atoms with E-state index in [9.17, 15) is 5.11 Å². The van der Waals surface area contributed by atoms with Crippen LogP contribution < -0.4 is 5.32 Å². The summed E-state index contributed by atoms with van der Waals surface area (Å²) in [5, 5.41) is 15.2. The predicted octanol–water partition coefficient (Wildman–Crippen LogP) is 2.31. The molecule has 0 amide bonds. The maximum absolute atomic E-state index is 11.6. The lowest BCUT2D eigenvalue weighted by atomic mass is 9.70. The highest BCUT2D eigenvalue weighted by molar-refractivity contribution is 5.63. The van der Waals surface area contributed by atoms with Crippen molar-refractivity contribution >= 4 is 5.69 Å². The quantitative estimate of drug-likeness (QED) is 0.823. The second kappa shape index (κ2) is 4.59. The van der Waals surface area contributed by atoms with E-state index in [1.54, 1.807) is 0 Å². The van der Waals surface area contributed by atoms with Crippen LogP contribution >= 0.6 is 0 Å². The molecule has 4 heteroatoms. The van der Waals surface area contributed by atoms with Crippen molar-refractivity contribution in [3.8, 4) is 0 Å². The van der Waals surface area contributed by atoms with Crippen LogP contribution in [0, 0.1) is 11.8 Å². The largest absolute Gasteiger partial charge is 0.380 e.